The van der Waals surface area contributed by atoms with Gasteiger partial charge in [0.2, 0.25) is 0 Å². The highest BCUT2D eigenvalue weighted by molar-refractivity contribution is 6.31. The zero-order valence-corrected chi connectivity index (χ0v) is 13.3. The van der Waals surface area contributed by atoms with Crippen LogP contribution >= 0.6 is 11.6 Å². The fourth-order valence-electron chi connectivity index (χ4n) is 2.15. The van der Waals surface area contributed by atoms with Gasteiger partial charge in [-0.15, -0.1) is 0 Å². The molecule has 124 valence electrons. The Morgan fingerprint density at radius 2 is 1.87 bits per heavy atom. The highest BCUT2D eigenvalue weighted by atomic mass is 35.5. The summed E-state index contributed by atoms with van der Waals surface area (Å²) >= 11 is 5.94. The Bertz CT molecular complexity index is 812. The van der Waals surface area contributed by atoms with Crippen molar-refractivity contribution in [3.63, 3.8) is 0 Å². The van der Waals surface area contributed by atoms with Crippen LogP contribution in [-0.4, -0.2) is 9.78 Å². The van der Waals surface area contributed by atoms with Crippen molar-refractivity contribution in [2.24, 2.45) is 0 Å². The lowest BCUT2D eigenvalue weighted by Gasteiger charge is -2.15. The fourth-order valence-corrected chi connectivity index (χ4v) is 2.52. The number of hydrogen-bond acceptors (Lipinski definition) is 2. The topological polar surface area (TPSA) is 34.9 Å². The third-order valence-corrected chi connectivity index (χ3v) is 3.77. The van der Waals surface area contributed by atoms with E-state index in [1.54, 1.807) is 0 Å². The van der Waals surface area contributed by atoms with E-state index in [1.165, 1.54) is 6.07 Å². The van der Waals surface area contributed by atoms with Gasteiger partial charge in [0.15, 0.2) is 5.82 Å². The van der Waals surface area contributed by atoms with E-state index < -0.39 is 28.7 Å². The molecule has 23 heavy (non-hydrogen) atoms. The summed E-state index contributed by atoms with van der Waals surface area (Å²) in [6.45, 7) is 4.66. The molecule has 0 fully saturated rings. The van der Waals surface area contributed by atoms with E-state index in [-0.39, 0.29) is 16.6 Å². The van der Waals surface area contributed by atoms with Crippen LogP contribution in [0.2, 0.25) is 5.02 Å². The molecule has 1 aromatic heterocycles. The molecule has 0 bridgehead atoms. The molecule has 0 saturated carbocycles. The fraction of sp³-hybridized carbons (Fsp3) is 0.333. The van der Waals surface area contributed by atoms with Gasteiger partial charge in [0.05, 0.1) is 11.8 Å². The van der Waals surface area contributed by atoms with Gasteiger partial charge in [-0.2, -0.15) is 23.0 Å². The van der Waals surface area contributed by atoms with E-state index >= 15 is 0 Å². The molecule has 0 N–H and O–H groups in total. The number of halogens is 5. The molecule has 0 aliphatic rings. The van der Waals surface area contributed by atoms with Crippen LogP contribution in [0.3, 0.4) is 0 Å². The van der Waals surface area contributed by atoms with Gasteiger partial charge in [0.1, 0.15) is 5.69 Å². The highest BCUT2D eigenvalue weighted by Crippen LogP contribution is 2.31. The van der Waals surface area contributed by atoms with Crippen LogP contribution in [0, 0.1) is 12.7 Å². The second kappa shape index (κ2) is 5.96. The first-order chi connectivity index (χ1) is 10.5. The lowest BCUT2D eigenvalue weighted by atomic mass is 10.0. The number of rotatable bonds is 2. The van der Waals surface area contributed by atoms with Crippen molar-refractivity contribution < 1.29 is 17.6 Å². The summed E-state index contributed by atoms with van der Waals surface area (Å²) in [6, 6.07) is 2.34. The van der Waals surface area contributed by atoms with Gasteiger partial charge in [-0.05, 0) is 30.5 Å². The van der Waals surface area contributed by atoms with Crippen molar-refractivity contribution in [3.05, 3.63) is 56.2 Å². The Morgan fingerprint density at radius 3 is 2.39 bits per heavy atom. The largest absolute Gasteiger partial charge is 0.418 e. The van der Waals surface area contributed by atoms with Gasteiger partial charge in [-0.3, -0.25) is 4.79 Å². The summed E-state index contributed by atoms with van der Waals surface area (Å²) in [4.78, 5) is 12.2. The third-order valence-electron chi connectivity index (χ3n) is 3.44. The summed E-state index contributed by atoms with van der Waals surface area (Å²) in [5.41, 5.74) is -2.39. The molecule has 0 amide bonds. The van der Waals surface area contributed by atoms with E-state index in [1.807, 2.05) is 13.8 Å². The summed E-state index contributed by atoms with van der Waals surface area (Å²) in [7, 11) is 0. The maximum Gasteiger partial charge on any atom is 0.418 e. The molecule has 3 nitrogen and oxygen atoms in total. The molecular formula is C15H13ClF4N2O. The van der Waals surface area contributed by atoms with Gasteiger partial charge in [0.25, 0.3) is 5.56 Å². The first kappa shape index (κ1) is 17.5. The molecule has 2 aromatic rings. The molecule has 0 aliphatic carbocycles. The quantitative estimate of drug-likeness (QED) is 0.750. The number of aromatic nitrogens is 2. The van der Waals surface area contributed by atoms with Crippen LogP contribution in [-0.2, 0) is 6.18 Å². The lowest BCUT2D eigenvalue weighted by molar-refractivity contribution is -0.138. The molecule has 2 rings (SSSR count). The molecule has 0 atom stereocenters. The van der Waals surface area contributed by atoms with E-state index in [0.717, 1.165) is 13.0 Å². The number of alkyl halides is 3. The van der Waals surface area contributed by atoms with E-state index in [9.17, 15) is 22.4 Å². The van der Waals surface area contributed by atoms with Crippen LogP contribution in [0.25, 0.3) is 5.69 Å². The molecule has 0 aliphatic heterocycles. The first-order valence-corrected chi connectivity index (χ1v) is 7.07. The number of nitrogens with zero attached hydrogens (tertiary/aromatic N) is 2. The average Bonchev–Trinajstić information content (AvgIpc) is 2.40. The monoisotopic (exact) mass is 348 g/mol. The van der Waals surface area contributed by atoms with E-state index in [0.29, 0.717) is 16.4 Å². The van der Waals surface area contributed by atoms with Crippen molar-refractivity contribution in [2.75, 3.05) is 0 Å². The highest BCUT2D eigenvalue weighted by Gasteiger charge is 2.34. The Balaban J connectivity index is 2.72. The second-order valence-electron chi connectivity index (χ2n) is 5.38. The summed E-state index contributed by atoms with van der Waals surface area (Å²) in [6.07, 6.45) is -4.18. The molecule has 0 radical (unpaired) electrons. The van der Waals surface area contributed by atoms with E-state index in [2.05, 4.69) is 5.10 Å². The first-order valence-electron chi connectivity index (χ1n) is 6.69. The van der Waals surface area contributed by atoms with Gasteiger partial charge >= 0.3 is 6.18 Å². The minimum Gasteiger partial charge on any atom is -0.267 e. The molecule has 1 aromatic carbocycles. The SMILES string of the molecule is Cc1c(C(F)(F)F)cnn(-c2cc(C(C)C)c(Cl)cc2F)c1=O. The van der Waals surface area contributed by atoms with Crippen molar-refractivity contribution in [1.29, 1.82) is 0 Å². The minimum absolute atomic E-state index is 0.0619. The predicted molar refractivity (Wildman–Crippen MR) is 78.6 cm³/mol. The standard InChI is InChI=1S/C15H13ClF4N2O/c1-7(2)9-4-13(12(17)5-11(9)16)22-14(23)8(3)10(6-21-22)15(18,19)20/h4-7H,1-3H3. The van der Waals surface area contributed by atoms with Gasteiger partial charge in [-0.25, -0.2) is 4.39 Å². The smallest absolute Gasteiger partial charge is 0.267 e. The zero-order valence-electron chi connectivity index (χ0n) is 12.5. The van der Waals surface area contributed by atoms with Gasteiger partial charge < -0.3 is 0 Å². The van der Waals surface area contributed by atoms with Crippen LogP contribution in [0.5, 0.6) is 0 Å². The van der Waals surface area contributed by atoms with Crippen molar-refractivity contribution in [1.82, 2.24) is 9.78 Å². The van der Waals surface area contributed by atoms with Gasteiger partial charge in [0, 0.05) is 10.6 Å². The van der Waals surface area contributed by atoms with Crippen molar-refractivity contribution in [3.8, 4) is 5.69 Å². The Labute approximate surface area is 134 Å². The molecule has 0 saturated heterocycles. The van der Waals surface area contributed by atoms with Crippen molar-refractivity contribution in [2.45, 2.75) is 32.9 Å². The Kier molecular flexibility index (Phi) is 4.52. The predicted octanol–water partition coefficient (Wildman–Crippen LogP) is 4.48. The Hall–Kier alpha value is -1.89. The van der Waals surface area contributed by atoms with Gasteiger partial charge in [-0.1, -0.05) is 25.4 Å². The van der Waals surface area contributed by atoms with Crippen LogP contribution < -0.4 is 5.56 Å². The molecule has 1 heterocycles. The molecular weight excluding hydrogens is 336 g/mol. The molecule has 8 heteroatoms. The normalized spacial score (nSPS) is 12.0. The maximum absolute atomic E-state index is 14.1. The molecule has 0 unspecified atom stereocenters. The summed E-state index contributed by atoms with van der Waals surface area (Å²) in [5.74, 6) is -0.902. The van der Waals surface area contributed by atoms with E-state index in [4.69, 9.17) is 11.6 Å². The molecule has 0 spiro atoms. The third kappa shape index (κ3) is 3.24. The summed E-state index contributed by atoms with van der Waals surface area (Å²) in [5, 5.41) is 3.65. The zero-order chi connectivity index (χ0) is 17.5. The van der Waals surface area contributed by atoms with Crippen LogP contribution in [0.15, 0.2) is 23.1 Å². The average molecular weight is 349 g/mol. The minimum atomic E-state index is -4.70. The Morgan fingerprint density at radius 1 is 1.26 bits per heavy atom. The lowest BCUT2D eigenvalue weighted by Crippen LogP contribution is -2.28. The number of hydrogen-bond donors (Lipinski definition) is 0. The van der Waals surface area contributed by atoms with Crippen LogP contribution in [0.1, 0.15) is 36.5 Å². The number of benzene rings is 1. The van der Waals surface area contributed by atoms with Crippen molar-refractivity contribution >= 4 is 11.6 Å². The summed E-state index contributed by atoms with van der Waals surface area (Å²) < 4.78 is 53.1. The second-order valence-corrected chi connectivity index (χ2v) is 5.78. The maximum atomic E-state index is 14.1. The van der Waals surface area contributed by atoms with Crippen LogP contribution in [0.4, 0.5) is 17.6 Å².